The summed E-state index contributed by atoms with van der Waals surface area (Å²) in [5.74, 6) is 2.55. The van der Waals surface area contributed by atoms with Crippen molar-refractivity contribution >= 4 is 17.6 Å². The fraction of sp³-hybridized carbons (Fsp3) is 0.250. The maximum absolute atomic E-state index is 6.28. The minimum atomic E-state index is 0.598. The Morgan fingerprint density at radius 1 is 1.15 bits per heavy atom. The van der Waals surface area contributed by atoms with Crippen molar-refractivity contribution in [3.05, 3.63) is 77.0 Å². The second-order valence-corrected chi connectivity index (χ2v) is 6.59. The average Bonchev–Trinajstić information content (AvgIpc) is 3.10. The third kappa shape index (κ3) is 4.46. The number of nitrogens with one attached hydrogen (secondary N) is 1. The molecule has 1 aromatic carbocycles. The number of aryl methyl sites for hydroxylation is 1. The maximum Gasteiger partial charge on any atom is 0.193 e. The smallest absolute Gasteiger partial charge is 0.193 e. The molecule has 1 N–H and O–H groups in total. The molecule has 0 bridgehead atoms. The molecule has 0 aliphatic rings. The molecular weight excluding hydrogens is 360 g/mol. The lowest BCUT2D eigenvalue weighted by Gasteiger charge is -2.23. The first-order valence-corrected chi connectivity index (χ1v) is 9.07. The molecule has 0 aliphatic carbocycles. The number of aromatic nitrogens is 3. The van der Waals surface area contributed by atoms with Crippen LogP contribution >= 0.6 is 11.6 Å². The van der Waals surface area contributed by atoms with Crippen LogP contribution in [0.1, 0.15) is 17.0 Å². The maximum atomic E-state index is 6.28. The van der Waals surface area contributed by atoms with Crippen LogP contribution in [0, 0.1) is 6.92 Å². The predicted octanol–water partition coefficient (Wildman–Crippen LogP) is 3.44. The fourth-order valence-corrected chi connectivity index (χ4v) is 3.10. The Hall–Kier alpha value is -2.86. The van der Waals surface area contributed by atoms with Crippen molar-refractivity contribution in [2.75, 3.05) is 14.1 Å². The Kier molecular flexibility index (Phi) is 6.08. The molecule has 0 amide bonds. The Labute approximate surface area is 164 Å². The van der Waals surface area contributed by atoms with Crippen LogP contribution in [0.5, 0.6) is 0 Å². The third-order valence-corrected chi connectivity index (χ3v) is 4.67. The monoisotopic (exact) mass is 382 g/mol. The van der Waals surface area contributed by atoms with E-state index in [1.54, 1.807) is 19.4 Å². The Morgan fingerprint density at radius 2 is 1.93 bits per heavy atom. The molecule has 2 aromatic heterocycles. The van der Waals surface area contributed by atoms with Gasteiger partial charge >= 0.3 is 0 Å². The van der Waals surface area contributed by atoms with Crippen LogP contribution in [0.3, 0.4) is 0 Å². The molecule has 2 heterocycles. The first kappa shape index (κ1) is 18.9. The molecule has 0 spiro atoms. The number of hydrogen-bond acceptors (Lipinski definition) is 3. The van der Waals surface area contributed by atoms with Gasteiger partial charge in [0.15, 0.2) is 5.96 Å². The number of benzene rings is 1. The number of hydrogen-bond donors (Lipinski definition) is 1. The SMILES string of the molecule is CN=C(NCc1cccnc1-n1ccnc1C)N(C)Cc1ccccc1Cl. The van der Waals surface area contributed by atoms with Crippen molar-refractivity contribution in [2.24, 2.45) is 4.99 Å². The van der Waals surface area contributed by atoms with Gasteiger partial charge in [0.1, 0.15) is 11.6 Å². The number of imidazole rings is 1. The zero-order valence-corrected chi connectivity index (χ0v) is 16.5. The zero-order valence-electron chi connectivity index (χ0n) is 15.7. The highest BCUT2D eigenvalue weighted by Gasteiger charge is 2.12. The van der Waals surface area contributed by atoms with Crippen LogP contribution in [-0.4, -0.2) is 39.5 Å². The van der Waals surface area contributed by atoms with E-state index in [1.165, 1.54) is 0 Å². The summed E-state index contributed by atoms with van der Waals surface area (Å²) in [4.78, 5) is 15.2. The number of nitrogens with zero attached hydrogens (tertiary/aromatic N) is 5. The molecule has 27 heavy (non-hydrogen) atoms. The van der Waals surface area contributed by atoms with Gasteiger partial charge in [-0.15, -0.1) is 0 Å². The summed E-state index contributed by atoms with van der Waals surface area (Å²) >= 11 is 6.28. The normalized spacial score (nSPS) is 11.5. The summed E-state index contributed by atoms with van der Waals surface area (Å²) in [7, 11) is 3.76. The predicted molar refractivity (Wildman–Crippen MR) is 109 cm³/mol. The van der Waals surface area contributed by atoms with Crippen LogP contribution in [0.2, 0.25) is 5.02 Å². The molecule has 3 rings (SSSR count). The highest BCUT2D eigenvalue weighted by atomic mass is 35.5. The van der Waals surface area contributed by atoms with Gasteiger partial charge in [-0.1, -0.05) is 35.9 Å². The van der Waals surface area contributed by atoms with Crippen molar-refractivity contribution < 1.29 is 0 Å². The molecule has 0 fully saturated rings. The van der Waals surface area contributed by atoms with Crippen molar-refractivity contribution in [1.29, 1.82) is 0 Å². The molecule has 0 radical (unpaired) electrons. The molecule has 0 atom stereocenters. The first-order valence-electron chi connectivity index (χ1n) is 8.69. The van der Waals surface area contributed by atoms with Crippen molar-refractivity contribution in [3.8, 4) is 5.82 Å². The molecule has 0 saturated carbocycles. The number of halogens is 1. The van der Waals surface area contributed by atoms with Crippen LogP contribution < -0.4 is 5.32 Å². The van der Waals surface area contributed by atoms with E-state index < -0.39 is 0 Å². The van der Waals surface area contributed by atoms with Gasteiger partial charge in [-0.3, -0.25) is 9.56 Å². The van der Waals surface area contributed by atoms with E-state index in [4.69, 9.17) is 11.6 Å². The standard InChI is InChI=1S/C20H23ClN6/c1-15-23-11-12-27(15)19-16(8-6-10-24-19)13-25-20(22-2)26(3)14-17-7-4-5-9-18(17)21/h4-12H,13-14H2,1-3H3,(H,22,25). The van der Waals surface area contributed by atoms with E-state index in [9.17, 15) is 0 Å². The van der Waals surface area contributed by atoms with Gasteiger partial charge in [-0.2, -0.15) is 0 Å². The van der Waals surface area contributed by atoms with Crippen molar-refractivity contribution in [3.63, 3.8) is 0 Å². The highest BCUT2D eigenvalue weighted by molar-refractivity contribution is 6.31. The molecule has 6 nitrogen and oxygen atoms in total. The molecule has 140 valence electrons. The quantitative estimate of drug-likeness (QED) is 0.542. The van der Waals surface area contributed by atoms with E-state index in [0.717, 1.165) is 33.8 Å². The van der Waals surface area contributed by atoms with Crippen LogP contribution in [0.15, 0.2) is 60.0 Å². The van der Waals surface area contributed by atoms with Crippen LogP contribution in [0.4, 0.5) is 0 Å². The first-order chi connectivity index (χ1) is 13.1. The fourth-order valence-electron chi connectivity index (χ4n) is 2.90. The lowest BCUT2D eigenvalue weighted by atomic mass is 10.2. The second kappa shape index (κ2) is 8.68. The van der Waals surface area contributed by atoms with Crippen molar-refractivity contribution in [1.82, 2.24) is 24.8 Å². The molecule has 3 aromatic rings. The molecule has 0 saturated heterocycles. The minimum absolute atomic E-state index is 0.598. The molecule has 7 heteroatoms. The van der Waals surface area contributed by atoms with E-state index >= 15 is 0 Å². The van der Waals surface area contributed by atoms with Crippen LogP contribution in [-0.2, 0) is 13.1 Å². The summed E-state index contributed by atoms with van der Waals surface area (Å²) in [6, 6.07) is 11.8. The lowest BCUT2D eigenvalue weighted by molar-refractivity contribution is 0.476. The summed E-state index contributed by atoms with van der Waals surface area (Å²) in [6.45, 7) is 3.22. The summed E-state index contributed by atoms with van der Waals surface area (Å²) in [6.07, 6.45) is 5.48. The topological polar surface area (TPSA) is 58.3 Å². The number of guanidine groups is 1. The minimum Gasteiger partial charge on any atom is -0.352 e. The largest absolute Gasteiger partial charge is 0.352 e. The molecule has 0 unspecified atom stereocenters. The Balaban J connectivity index is 1.72. The van der Waals surface area contributed by atoms with E-state index in [2.05, 4.69) is 26.3 Å². The zero-order chi connectivity index (χ0) is 19.2. The average molecular weight is 383 g/mol. The van der Waals surface area contributed by atoms with Gasteiger partial charge in [-0.05, 0) is 24.6 Å². The van der Waals surface area contributed by atoms with Gasteiger partial charge in [0.2, 0.25) is 0 Å². The number of rotatable bonds is 5. The summed E-state index contributed by atoms with van der Waals surface area (Å²) in [5, 5.41) is 4.16. The highest BCUT2D eigenvalue weighted by Crippen LogP contribution is 2.17. The second-order valence-electron chi connectivity index (χ2n) is 6.18. The van der Waals surface area contributed by atoms with E-state index in [-0.39, 0.29) is 0 Å². The van der Waals surface area contributed by atoms with Gasteiger partial charge in [0.25, 0.3) is 0 Å². The summed E-state index contributed by atoms with van der Waals surface area (Å²) in [5.41, 5.74) is 2.12. The van der Waals surface area contributed by atoms with E-state index in [0.29, 0.717) is 13.1 Å². The van der Waals surface area contributed by atoms with Gasteiger partial charge in [-0.25, -0.2) is 9.97 Å². The molecule has 0 aliphatic heterocycles. The van der Waals surface area contributed by atoms with Gasteiger partial charge in [0, 0.05) is 56.4 Å². The summed E-state index contributed by atoms with van der Waals surface area (Å²) < 4.78 is 1.98. The van der Waals surface area contributed by atoms with Gasteiger partial charge < -0.3 is 10.2 Å². The van der Waals surface area contributed by atoms with E-state index in [1.807, 2.05) is 60.0 Å². The molecular formula is C20H23ClN6. The van der Waals surface area contributed by atoms with Gasteiger partial charge in [0.05, 0.1) is 0 Å². The Morgan fingerprint density at radius 3 is 2.63 bits per heavy atom. The lowest BCUT2D eigenvalue weighted by Crippen LogP contribution is -2.38. The Bertz CT molecular complexity index is 933. The number of pyridine rings is 1. The van der Waals surface area contributed by atoms with Crippen LogP contribution in [0.25, 0.3) is 5.82 Å². The van der Waals surface area contributed by atoms with Crippen molar-refractivity contribution in [2.45, 2.75) is 20.0 Å². The number of aliphatic imine (C=N–C) groups is 1. The third-order valence-electron chi connectivity index (χ3n) is 4.30.